The zero-order valence-corrected chi connectivity index (χ0v) is 14.6. The Kier molecular flexibility index (Phi) is 6.06. The van der Waals surface area contributed by atoms with Crippen LogP contribution in [-0.2, 0) is 12.8 Å². The Balaban J connectivity index is 2.15. The Morgan fingerprint density at radius 1 is 1.14 bits per heavy atom. The quantitative estimate of drug-likeness (QED) is 0.733. The topological polar surface area (TPSA) is 12.0 Å². The molecule has 0 fully saturated rings. The molecule has 0 saturated carbocycles. The summed E-state index contributed by atoms with van der Waals surface area (Å²) in [5.74, 6) is -0.244. The Bertz CT molecular complexity index is 634. The van der Waals surface area contributed by atoms with Gasteiger partial charge >= 0.3 is 0 Å². The summed E-state index contributed by atoms with van der Waals surface area (Å²) in [7, 11) is 1.89. The molecule has 1 N–H and O–H groups in total. The van der Waals surface area contributed by atoms with Crippen LogP contribution in [0, 0.1) is 5.82 Å². The molecule has 0 bridgehead atoms. The van der Waals surface area contributed by atoms with Gasteiger partial charge in [-0.1, -0.05) is 41.4 Å². The van der Waals surface area contributed by atoms with Gasteiger partial charge in [0, 0.05) is 16.1 Å². The standard InChI is InChI=1S/C16H15BrCl2FN/c1-21-13(7-10-5-6-12(18)9-14(10)19)8-11-3-2-4-15(20)16(11)17/h2-6,9,13,21H,7-8H2,1H3. The lowest BCUT2D eigenvalue weighted by Crippen LogP contribution is -2.30. The SMILES string of the molecule is CNC(Cc1ccc(Cl)cc1Cl)Cc1cccc(F)c1Br. The molecule has 1 unspecified atom stereocenters. The fraction of sp³-hybridized carbons (Fsp3) is 0.250. The molecule has 0 radical (unpaired) electrons. The number of hydrogen-bond donors (Lipinski definition) is 1. The molecule has 0 aliphatic rings. The van der Waals surface area contributed by atoms with E-state index in [0.717, 1.165) is 17.5 Å². The van der Waals surface area contributed by atoms with Crippen molar-refractivity contribution in [3.8, 4) is 0 Å². The van der Waals surface area contributed by atoms with Crippen LogP contribution in [0.2, 0.25) is 10.0 Å². The highest BCUT2D eigenvalue weighted by Gasteiger charge is 2.14. The van der Waals surface area contributed by atoms with Gasteiger partial charge in [0.15, 0.2) is 0 Å². The Labute approximate surface area is 142 Å². The lowest BCUT2D eigenvalue weighted by atomic mass is 9.99. The highest BCUT2D eigenvalue weighted by molar-refractivity contribution is 9.10. The first-order valence-corrected chi connectivity index (χ1v) is 8.10. The highest BCUT2D eigenvalue weighted by atomic mass is 79.9. The Hall–Kier alpha value is -0.610. The third-order valence-electron chi connectivity index (χ3n) is 3.39. The largest absolute Gasteiger partial charge is 0.316 e. The molecular weight excluding hydrogens is 376 g/mol. The second-order valence-electron chi connectivity index (χ2n) is 4.84. The van der Waals surface area contributed by atoms with Gasteiger partial charge in [0.25, 0.3) is 0 Å². The van der Waals surface area contributed by atoms with Gasteiger partial charge in [-0.25, -0.2) is 4.39 Å². The Morgan fingerprint density at radius 2 is 1.86 bits per heavy atom. The van der Waals surface area contributed by atoms with Gasteiger partial charge < -0.3 is 5.32 Å². The second kappa shape index (κ2) is 7.59. The van der Waals surface area contributed by atoms with E-state index in [9.17, 15) is 4.39 Å². The molecule has 0 spiro atoms. The molecule has 1 atom stereocenters. The van der Waals surface area contributed by atoms with Gasteiger partial charge in [-0.2, -0.15) is 0 Å². The summed E-state index contributed by atoms with van der Waals surface area (Å²) < 4.78 is 14.1. The molecule has 5 heteroatoms. The van der Waals surface area contributed by atoms with E-state index in [1.165, 1.54) is 6.07 Å². The molecule has 0 aromatic heterocycles. The first kappa shape index (κ1) is 16.8. The van der Waals surface area contributed by atoms with E-state index in [1.807, 2.05) is 25.2 Å². The Morgan fingerprint density at radius 3 is 2.52 bits per heavy atom. The van der Waals surface area contributed by atoms with Crippen LogP contribution in [0.1, 0.15) is 11.1 Å². The van der Waals surface area contributed by atoms with Gasteiger partial charge in [0.1, 0.15) is 5.82 Å². The highest BCUT2D eigenvalue weighted by Crippen LogP contribution is 2.25. The lowest BCUT2D eigenvalue weighted by Gasteiger charge is -2.18. The average molecular weight is 391 g/mol. The average Bonchev–Trinajstić information content (AvgIpc) is 2.45. The zero-order chi connectivity index (χ0) is 15.4. The molecule has 2 aromatic rings. The van der Waals surface area contributed by atoms with Crippen LogP contribution in [0.4, 0.5) is 4.39 Å². The summed E-state index contributed by atoms with van der Waals surface area (Å²) in [5.41, 5.74) is 1.95. The minimum absolute atomic E-state index is 0.154. The van der Waals surface area contributed by atoms with Crippen LogP contribution in [0.5, 0.6) is 0 Å². The van der Waals surface area contributed by atoms with Crippen LogP contribution in [-0.4, -0.2) is 13.1 Å². The molecule has 21 heavy (non-hydrogen) atoms. The molecule has 2 rings (SSSR count). The molecule has 112 valence electrons. The van der Waals surface area contributed by atoms with E-state index in [4.69, 9.17) is 23.2 Å². The van der Waals surface area contributed by atoms with E-state index >= 15 is 0 Å². The van der Waals surface area contributed by atoms with Crippen LogP contribution >= 0.6 is 39.1 Å². The maximum absolute atomic E-state index is 13.6. The van der Waals surface area contributed by atoms with Crippen molar-refractivity contribution in [3.63, 3.8) is 0 Å². The van der Waals surface area contributed by atoms with Crippen LogP contribution in [0.25, 0.3) is 0 Å². The third-order valence-corrected chi connectivity index (χ3v) is 4.86. The van der Waals surface area contributed by atoms with Crippen molar-refractivity contribution in [2.75, 3.05) is 7.05 Å². The summed E-state index contributed by atoms with van der Waals surface area (Å²) in [6, 6.07) is 10.7. The number of halogens is 4. The lowest BCUT2D eigenvalue weighted by molar-refractivity contribution is 0.550. The van der Waals surface area contributed by atoms with Crippen molar-refractivity contribution in [2.45, 2.75) is 18.9 Å². The van der Waals surface area contributed by atoms with Crippen molar-refractivity contribution in [1.82, 2.24) is 5.32 Å². The molecule has 0 saturated heterocycles. The fourth-order valence-electron chi connectivity index (χ4n) is 2.20. The van der Waals surface area contributed by atoms with Crippen LogP contribution in [0.15, 0.2) is 40.9 Å². The van der Waals surface area contributed by atoms with Crippen LogP contribution in [0.3, 0.4) is 0 Å². The van der Waals surface area contributed by atoms with Crippen LogP contribution < -0.4 is 5.32 Å². The number of rotatable bonds is 5. The van der Waals surface area contributed by atoms with Gasteiger partial charge in [-0.15, -0.1) is 0 Å². The third kappa shape index (κ3) is 4.43. The van der Waals surface area contributed by atoms with E-state index < -0.39 is 0 Å². The molecule has 0 heterocycles. The first-order chi connectivity index (χ1) is 10.0. The summed E-state index contributed by atoms with van der Waals surface area (Å²) >= 11 is 15.4. The number of nitrogens with one attached hydrogen (secondary N) is 1. The van der Waals surface area contributed by atoms with Crippen molar-refractivity contribution in [3.05, 3.63) is 67.9 Å². The minimum atomic E-state index is -0.244. The molecule has 0 aliphatic heterocycles. The predicted octanol–water partition coefficient (Wildman–Crippen LogP) is 5.27. The van der Waals surface area contributed by atoms with Gasteiger partial charge in [-0.05, 0) is 65.1 Å². The van der Waals surface area contributed by atoms with Gasteiger partial charge in [0.05, 0.1) is 4.47 Å². The number of hydrogen-bond acceptors (Lipinski definition) is 1. The second-order valence-corrected chi connectivity index (χ2v) is 6.48. The number of likely N-dealkylation sites (N-methyl/N-ethyl adjacent to an activating group) is 1. The predicted molar refractivity (Wildman–Crippen MR) is 90.8 cm³/mol. The normalized spacial score (nSPS) is 12.4. The van der Waals surface area contributed by atoms with Gasteiger partial charge in [-0.3, -0.25) is 0 Å². The van der Waals surface area contributed by atoms with E-state index in [-0.39, 0.29) is 11.9 Å². The summed E-state index contributed by atoms with van der Waals surface area (Å²) in [6.45, 7) is 0. The fourth-order valence-corrected chi connectivity index (χ4v) is 3.11. The van der Waals surface area contributed by atoms with E-state index in [2.05, 4.69) is 21.2 Å². The maximum Gasteiger partial charge on any atom is 0.137 e. The first-order valence-electron chi connectivity index (χ1n) is 6.55. The molecule has 2 aromatic carbocycles. The van der Waals surface area contributed by atoms with Crippen molar-refractivity contribution >= 4 is 39.1 Å². The number of benzene rings is 2. The summed E-state index contributed by atoms with van der Waals surface area (Å²) in [6.07, 6.45) is 1.45. The molecule has 0 aliphatic carbocycles. The smallest absolute Gasteiger partial charge is 0.137 e. The van der Waals surface area contributed by atoms with Crippen molar-refractivity contribution in [2.24, 2.45) is 0 Å². The zero-order valence-electron chi connectivity index (χ0n) is 11.5. The van der Waals surface area contributed by atoms with Crippen molar-refractivity contribution in [1.29, 1.82) is 0 Å². The summed E-state index contributed by atoms with van der Waals surface area (Å²) in [5, 5.41) is 4.53. The molecule has 0 amide bonds. The monoisotopic (exact) mass is 389 g/mol. The summed E-state index contributed by atoms with van der Waals surface area (Å²) in [4.78, 5) is 0. The molecular formula is C16H15BrCl2FN. The van der Waals surface area contributed by atoms with E-state index in [1.54, 1.807) is 12.1 Å². The van der Waals surface area contributed by atoms with Gasteiger partial charge in [0.2, 0.25) is 0 Å². The van der Waals surface area contributed by atoms with Crippen molar-refractivity contribution < 1.29 is 4.39 Å². The minimum Gasteiger partial charge on any atom is -0.316 e. The molecule has 1 nitrogen and oxygen atoms in total. The van der Waals surface area contributed by atoms with E-state index in [0.29, 0.717) is 20.9 Å². The maximum atomic E-state index is 13.6.